The molecule has 1 saturated heterocycles. The van der Waals surface area contributed by atoms with E-state index in [9.17, 15) is 4.79 Å². The van der Waals surface area contributed by atoms with Crippen LogP contribution in [0, 0.1) is 11.8 Å². The molecule has 0 bridgehead atoms. The van der Waals surface area contributed by atoms with Crippen molar-refractivity contribution in [1.82, 2.24) is 10.2 Å². The van der Waals surface area contributed by atoms with Crippen molar-refractivity contribution in [1.29, 1.82) is 0 Å². The van der Waals surface area contributed by atoms with Crippen molar-refractivity contribution in [2.24, 2.45) is 11.8 Å². The van der Waals surface area contributed by atoms with Crippen LogP contribution in [0.3, 0.4) is 0 Å². The summed E-state index contributed by atoms with van der Waals surface area (Å²) >= 11 is 0. The van der Waals surface area contributed by atoms with E-state index in [-0.39, 0.29) is 6.03 Å². The van der Waals surface area contributed by atoms with Gasteiger partial charge in [-0.15, -0.1) is 0 Å². The number of hydrogen-bond acceptors (Lipinski definition) is 1. The van der Waals surface area contributed by atoms with Gasteiger partial charge >= 0.3 is 6.03 Å². The number of rotatable bonds is 3. The largest absolute Gasteiger partial charge is 0.338 e. The molecule has 110 valence electrons. The summed E-state index contributed by atoms with van der Waals surface area (Å²) in [6.07, 6.45) is 11.6. The molecule has 1 aliphatic heterocycles. The minimum atomic E-state index is 0.172. The van der Waals surface area contributed by atoms with E-state index in [0.29, 0.717) is 0 Å². The topological polar surface area (TPSA) is 32.3 Å². The Kier molecular flexibility index (Phi) is 5.99. The lowest BCUT2D eigenvalue weighted by molar-refractivity contribution is 0.197. The normalized spacial score (nSPS) is 28.8. The molecule has 1 aliphatic carbocycles. The van der Waals surface area contributed by atoms with Gasteiger partial charge in [-0.3, -0.25) is 0 Å². The van der Waals surface area contributed by atoms with E-state index in [1.807, 2.05) is 4.90 Å². The zero-order chi connectivity index (χ0) is 13.5. The Hall–Kier alpha value is -0.730. The van der Waals surface area contributed by atoms with Crippen molar-refractivity contribution in [3.05, 3.63) is 0 Å². The van der Waals surface area contributed by atoms with Crippen molar-refractivity contribution in [3.63, 3.8) is 0 Å². The molecule has 1 N–H and O–H groups in total. The maximum Gasteiger partial charge on any atom is 0.317 e. The van der Waals surface area contributed by atoms with Gasteiger partial charge in [0.15, 0.2) is 0 Å². The lowest BCUT2D eigenvalue weighted by atomic mass is 9.81. The summed E-state index contributed by atoms with van der Waals surface area (Å²) in [4.78, 5) is 14.1. The molecular weight excluding hydrogens is 236 g/mol. The molecule has 2 rings (SSSR count). The summed E-state index contributed by atoms with van der Waals surface area (Å²) in [5.41, 5.74) is 0. The SMILES string of the molecule is CC1CCCC(CCNC(=O)N2CCCCCC2)C1. The van der Waals surface area contributed by atoms with Crippen molar-refractivity contribution in [2.45, 2.75) is 64.7 Å². The number of carbonyl (C=O) groups is 1. The molecule has 2 unspecified atom stereocenters. The van der Waals surface area contributed by atoms with Crippen LogP contribution in [-0.2, 0) is 0 Å². The molecule has 0 spiro atoms. The number of hydrogen-bond donors (Lipinski definition) is 1. The second-order valence-corrected chi connectivity index (χ2v) is 6.56. The predicted octanol–water partition coefficient (Wildman–Crippen LogP) is 3.79. The second kappa shape index (κ2) is 7.76. The van der Waals surface area contributed by atoms with Gasteiger partial charge < -0.3 is 10.2 Å². The summed E-state index contributed by atoms with van der Waals surface area (Å²) in [7, 11) is 0. The highest BCUT2D eigenvalue weighted by molar-refractivity contribution is 5.74. The van der Waals surface area contributed by atoms with Crippen LogP contribution in [0.15, 0.2) is 0 Å². The highest BCUT2D eigenvalue weighted by atomic mass is 16.2. The number of likely N-dealkylation sites (tertiary alicyclic amines) is 1. The van der Waals surface area contributed by atoms with Gasteiger partial charge in [0.05, 0.1) is 0 Å². The third-order valence-electron chi connectivity index (χ3n) is 4.77. The summed E-state index contributed by atoms with van der Waals surface area (Å²) in [5.74, 6) is 1.73. The van der Waals surface area contributed by atoms with E-state index in [1.54, 1.807) is 0 Å². The van der Waals surface area contributed by atoms with E-state index < -0.39 is 0 Å². The van der Waals surface area contributed by atoms with Gasteiger partial charge in [0.25, 0.3) is 0 Å². The van der Waals surface area contributed by atoms with Crippen LogP contribution in [-0.4, -0.2) is 30.6 Å². The predicted molar refractivity (Wildman–Crippen MR) is 79.2 cm³/mol. The van der Waals surface area contributed by atoms with Crippen LogP contribution in [0.5, 0.6) is 0 Å². The van der Waals surface area contributed by atoms with Crippen LogP contribution in [0.25, 0.3) is 0 Å². The minimum absolute atomic E-state index is 0.172. The third-order valence-corrected chi connectivity index (χ3v) is 4.77. The Bertz CT molecular complexity index is 272. The number of nitrogens with zero attached hydrogens (tertiary/aromatic N) is 1. The molecule has 2 amide bonds. The van der Waals surface area contributed by atoms with Crippen molar-refractivity contribution < 1.29 is 4.79 Å². The molecule has 0 aromatic heterocycles. The first-order valence-corrected chi connectivity index (χ1v) is 8.28. The maximum absolute atomic E-state index is 12.1. The molecule has 0 aromatic carbocycles. The Morgan fingerprint density at radius 1 is 1.11 bits per heavy atom. The molecule has 1 saturated carbocycles. The van der Waals surface area contributed by atoms with Gasteiger partial charge in [-0.2, -0.15) is 0 Å². The number of amides is 2. The molecule has 0 aromatic rings. The minimum Gasteiger partial charge on any atom is -0.338 e. The molecule has 19 heavy (non-hydrogen) atoms. The summed E-state index contributed by atoms with van der Waals surface area (Å²) in [6, 6.07) is 0.172. The first kappa shape index (κ1) is 14.7. The lowest BCUT2D eigenvalue weighted by Crippen LogP contribution is -2.41. The average molecular weight is 266 g/mol. The quantitative estimate of drug-likeness (QED) is 0.828. The molecule has 3 nitrogen and oxygen atoms in total. The van der Waals surface area contributed by atoms with Gasteiger partial charge in [-0.1, -0.05) is 39.0 Å². The standard InChI is InChI=1S/C16H30N2O/c1-14-7-6-8-15(13-14)9-10-17-16(19)18-11-4-2-3-5-12-18/h14-15H,2-13H2,1H3,(H,17,19). The van der Waals surface area contributed by atoms with Gasteiger partial charge in [-0.05, 0) is 37.5 Å². The lowest BCUT2D eigenvalue weighted by Gasteiger charge is -2.27. The average Bonchev–Trinajstić information content (AvgIpc) is 2.67. The fourth-order valence-corrected chi connectivity index (χ4v) is 3.59. The number of carbonyl (C=O) groups excluding carboxylic acids is 1. The first-order valence-electron chi connectivity index (χ1n) is 8.28. The number of nitrogens with one attached hydrogen (secondary N) is 1. The highest BCUT2D eigenvalue weighted by Gasteiger charge is 2.19. The van der Waals surface area contributed by atoms with Crippen molar-refractivity contribution in [3.8, 4) is 0 Å². The van der Waals surface area contributed by atoms with E-state index in [0.717, 1.165) is 31.5 Å². The van der Waals surface area contributed by atoms with Gasteiger partial charge in [0.2, 0.25) is 0 Å². The smallest absolute Gasteiger partial charge is 0.317 e. The molecule has 0 radical (unpaired) electrons. The Morgan fingerprint density at radius 2 is 1.84 bits per heavy atom. The first-order chi connectivity index (χ1) is 9.25. The van der Waals surface area contributed by atoms with Crippen LogP contribution < -0.4 is 5.32 Å². The molecule has 2 aliphatic rings. The monoisotopic (exact) mass is 266 g/mol. The molecule has 2 atom stereocenters. The fraction of sp³-hybridized carbons (Fsp3) is 0.938. The van der Waals surface area contributed by atoms with E-state index in [4.69, 9.17) is 0 Å². The van der Waals surface area contributed by atoms with Crippen LogP contribution in [0.1, 0.15) is 64.7 Å². The fourth-order valence-electron chi connectivity index (χ4n) is 3.59. The molecular formula is C16H30N2O. The maximum atomic E-state index is 12.1. The zero-order valence-corrected chi connectivity index (χ0v) is 12.5. The summed E-state index contributed by atoms with van der Waals surface area (Å²) in [5, 5.41) is 3.13. The third kappa shape index (κ3) is 5.04. The van der Waals surface area contributed by atoms with Crippen LogP contribution in [0.2, 0.25) is 0 Å². The number of urea groups is 1. The van der Waals surface area contributed by atoms with Crippen LogP contribution in [0.4, 0.5) is 4.79 Å². The van der Waals surface area contributed by atoms with Crippen molar-refractivity contribution in [2.75, 3.05) is 19.6 Å². The van der Waals surface area contributed by atoms with Crippen LogP contribution >= 0.6 is 0 Å². The summed E-state index contributed by atoms with van der Waals surface area (Å²) < 4.78 is 0. The van der Waals surface area contributed by atoms with Crippen molar-refractivity contribution >= 4 is 6.03 Å². The van der Waals surface area contributed by atoms with Gasteiger partial charge in [0.1, 0.15) is 0 Å². The molecule has 2 fully saturated rings. The zero-order valence-electron chi connectivity index (χ0n) is 12.5. The Balaban J connectivity index is 1.62. The van der Waals surface area contributed by atoms with E-state index >= 15 is 0 Å². The van der Waals surface area contributed by atoms with Gasteiger partial charge in [0, 0.05) is 19.6 Å². The molecule has 3 heteroatoms. The molecule has 1 heterocycles. The second-order valence-electron chi connectivity index (χ2n) is 6.56. The van der Waals surface area contributed by atoms with E-state index in [1.165, 1.54) is 57.8 Å². The Labute approximate surface area is 118 Å². The summed E-state index contributed by atoms with van der Waals surface area (Å²) in [6.45, 7) is 5.13. The van der Waals surface area contributed by atoms with Gasteiger partial charge in [-0.25, -0.2) is 4.79 Å². The Morgan fingerprint density at radius 3 is 2.53 bits per heavy atom. The highest BCUT2D eigenvalue weighted by Crippen LogP contribution is 2.30. The van der Waals surface area contributed by atoms with E-state index in [2.05, 4.69) is 12.2 Å².